The Hall–Kier alpha value is -1.31. The number of hydrogen-bond donors (Lipinski definition) is 0. The molecule has 33 aliphatic rings. The first-order valence-electron chi connectivity index (χ1n) is 52.8. The Labute approximate surface area is 866 Å². The highest BCUT2D eigenvalue weighted by Gasteiger charge is 2.83. The van der Waals surface area contributed by atoms with Crippen LogP contribution in [0.3, 0.4) is 0 Å². The van der Waals surface area contributed by atoms with Crippen molar-refractivity contribution in [3.05, 3.63) is 0 Å². The topological polar surface area (TPSA) is 551 Å². The summed E-state index contributed by atoms with van der Waals surface area (Å²) >= 11 is 0. The van der Waals surface area contributed by atoms with Gasteiger partial charge >= 0.3 is 0 Å². The van der Waals surface area contributed by atoms with Gasteiger partial charge in [0.1, 0.15) is 138 Å². The molecule has 27 heterocycles. The van der Waals surface area contributed by atoms with Crippen LogP contribution in [0.1, 0.15) is 231 Å². The standard InChI is InChI=1S/C12H20O3S.C10H16O4S.C10H16O3S.C9H14O3S.5C8H12O4S.2C7H10O4S/c1-6-9-10-7(2)11(6,4)8(3)12(9,5)15-16(10,13)14;1-5-7-8-10(4,14-15(7,11)12)6(2)9(5,3)13-8;1-5-6-4-7-8(10(6,2)3)9(5)14(11,12)13-7;1-4-6-3-7-8(4)12-13(10,11)9(7)5(6)2;1-8(2)5-3-4-6(11-5)7(8)13(9,10)12-4;1-4-7-6-5(12-13(7,9)10)3-8(4,2)11-6;1-4-5-3-8(2)7(11-5)6(4)13(9,10)12-8;1-4-5-3-6-8(2,11-5)7(4)13(9,10)12-6;1-3-5-4(2)8-7(11-5)6(3)12-13(8,9)10;2*1-3-4-2-5-6(10-4)7(3)12(8,9)11-5/h6-10H,1-5H3;5-8H,1-4H3;5-9H,4H2,1-3H3;4-9H,3H2,1-2H3;4*4-7H,3H2,1-2H3;3-8H,1-2H3;2*3-7H,2H2,1H3. The van der Waals surface area contributed by atoms with Crippen LogP contribution in [-0.4, -0.2) is 312 Å². The Morgan fingerprint density at radius 1 is 0.224 bits per heavy atom. The number of fused-ring (bicyclic) bond motifs is 11. The summed E-state index contributed by atoms with van der Waals surface area (Å²) in [4.78, 5) is 0. The minimum Gasteiger partial charge on any atom is -0.370 e. The minimum atomic E-state index is -3.44. The Morgan fingerprint density at radius 2 is 0.721 bits per heavy atom. The van der Waals surface area contributed by atoms with Crippen molar-refractivity contribution in [1.29, 1.82) is 0 Å². The van der Waals surface area contributed by atoms with Gasteiger partial charge in [0.05, 0.1) is 81.4 Å². The van der Waals surface area contributed by atoms with E-state index < -0.39 is 165 Å². The average Bonchev–Trinajstić information content (AvgIpc) is 1.47. The van der Waals surface area contributed by atoms with Crippen molar-refractivity contribution < 1.29 is 177 Å². The van der Waals surface area contributed by atoms with E-state index in [1.54, 1.807) is 0 Å². The smallest absolute Gasteiger partial charge is 0.273 e. The number of hydrogen-bond acceptors (Lipinski definition) is 41. The van der Waals surface area contributed by atoms with E-state index in [2.05, 4.69) is 62.3 Å². The van der Waals surface area contributed by atoms with Gasteiger partial charge in [-0.1, -0.05) is 138 Å². The third kappa shape index (κ3) is 14.6. The lowest BCUT2D eigenvalue weighted by Gasteiger charge is -2.41. The third-order valence-corrected chi connectivity index (χ3v) is 66.3. The molecule has 41 nitrogen and oxygen atoms in total. The molecular formula is C95H146O41S11. The summed E-state index contributed by atoms with van der Waals surface area (Å²) in [7, 11) is -36.6. The number of ether oxygens (including phenoxy) is 8. The molecule has 33 fully saturated rings. The Balaban J connectivity index is 0.0000000891. The molecule has 0 aromatic heterocycles. The van der Waals surface area contributed by atoms with Gasteiger partial charge in [-0.05, 0) is 113 Å². The van der Waals surface area contributed by atoms with Gasteiger partial charge in [0.2, 0.25) is 0 Å². The van der Waals surface area contributed by atoms with Gasteiger partial charge in [-0.25, -0.2) is 0 Å². The first-order chi connectivity index (χ1) is 67.2. The van der Waals surface area contributed by atoms with Crippen molar-refractivity contribution in [2.75, 3.05) is 0 Å². The quantitative estimate of drug-likeness (QED) is 0.237. The van der Waals surface area contributed by atoms with Crippen LogP contribution in [0.5, 0.6) is 0 Å². The molecule has 0 amide bonds. The van der Waals surface area contributed by atoms with E-state index in [-0.39, 0.29) is 259 Å². The van der Waals surface area contributed by atoms with E-state index in [0.717, 1.165) is 38.5 Å². The molecule has 0 N–H and O–H groups in total. The summed E-state index contributed by atoms with van der Waals surface area (Å²) in [6.07, 6.45) is 4.26. The molecular weight excluding hydrogens is 2150 g/mol. The van der Waals surface area contributed by atoms with Crippen LogP contribution in [-0.2, 0) is 195 Å². The van der Waals surface area contributed by atoms with Crippen LogP contribution in [0.4, 0.5) is 0 Å². The van der Waals surface area contributed by atoms with E-state index in [1.165, 1.54) is 0 Å². The highest BCUT2D eigenvalue weighted by atomic mass is 32.3. The molecule has 0 spiro atoms. The molecule has 33 rings (SSSR count). The Bertz CT molecular complexity index is 6630. The highest BCUT2D eigenvalue weighted by Crippen LogP contribution is 2.75. The average molecular weight is 2300 g/mol. The largest absolute Gasteiger partial charge is 0.370 e. The number of rotatable bonds is 0. The lowest BCUT2D eigenvalue weighted by molar-refractivity contribution is -0.0105. The first kappa shape index (κ1) is 108. The second-order valence-corrected chi connectivity index (χ2v) is 71.2. The molecule has 0 aromatic rings. The second-order valence-electron chi connectivity index (χ2n) is 52.4. The molecule has 6 saturated carbocycles. The maximum atomic E-state index is 12.1. The maximum Gasteiger partial charge on any atom is 0.273 e. The van der Waals surface area contributed by atoms with Gasteiger partial charge in [0.15, 0.2) is 0 Å². The van der Waals surface area contributed by atoms with E-state index in [4.69, 9.17) is 83.9 Å². The molecule has 59 atom stereocenters. The van der Waals surface area contributed by atoms with Crippen LogP contribution in [0, 0.1) is 135 Å². The zero-order valence-corrected chi connectivity index (χ0v) is 96.4. The van der Waals surface area contributed by atoms with Crippen molar-refractivity contribution in [3.63, 3.8) is 0 Å². The summed E-state index contributed by atoms with van der Waals surface area (Å²) in [6, 6.07) is 0. The molecule has 22 bridgehead atoms. The molecule has 147 heavy (non-hydrogen) atoms. The monoisotopic (exact) mass is 2290 g/mol. The third-order valence-electron chi connectivity index (χ3n) is 45.1. The van der Waals surface area contributed by atoms with Gasteiger partial charge in [0.25, 0.3) is 111 Å². The molecule has 27 aliphatic heterocycles. The van der Waals surface area contributed by atoms with Crippen LogP contribution in [0.25, 0.3) is 0 Å². The van der Waals surface area contributed by atoms with Crippen LogP contribution >= 0.6 is 0 Å². The molecule has 59 unspecified atom stereocenters. The van der Waals surface area contributed by atoms with Crippen LogP contribution in [0.2, 0.25) is 0 Å². The zero-order chi connectivity index (χ0) is 107. The normalized spacial score (nSPS) is 61.1. The van der Waals surface area contributed by atoms with Crippen molar-refractivity contribution in [2.45, 2.75) is 451 Å². The summed E-state index contributed by atoms with van der Waals surface area (Å²) in [5, 5.41) is -4.04. The molecule has 6 aliphatic carbocycles. The first-order valence-corrected chi connectivity index (χ1v) is 68.9. The van der Waals surface area contributed by atoms with E-state index in [0.29, 0.717) is 54.3 Å². The fraction of sp³-hybridized carbons (Fsp3) is 1.00. The maximum absolute atomic E-state index is 12.1. The summed E-state index contributed by atoms with van der Waals surface area (Å²) in [5.41, 5.74) is -2.89. The Kier molecular flexibility index (Phi) is 24.2. The summed E-state index contributed by atoms with van der Waals surface area (Å²) < 4.78 is 357. The van der Waals surface area contributed by atoms with Crippen LogP contribution < -0.4 is 0 Å². The predicted octanol–water partition coefficient (Wildman–Crippen LogP) is 6.39. The van der Waals surface area contributed by atoms with Crippen molar-refractivity contribution in [3.8, 4) is 0 Å². The molecule has 52 heteroatoms. The van der Waals surface area contributed by atoms with E-state index >= 15 is 0 Å². The fourth-order valence-electron chi connectivity index (χ4n) is 36.9. The lowest BCUT2D eigenvalue weighted by Crippen LogP contribution is -2.51. The van der Waals surface area contributed by atoms with E-state index in [9.17, 15) is 92.6 Å². The SMILES string of the molecule is CC1(C)C2CC3OS(=O)(=O)C1C3O2.CC1C2C3C(C)C1(C)C(C)C2(C)OS3(=O)=O.CC1C2C3OC1(C)C(C)C3(C)OS2(=O)=O.CC1C2C3OC1(C)CC3OS2(=O)=O.CC1C2CC3(C)OS(=O)(=O)C1C3O2.CC1C2CC3C1OS(=O)(=O)C3C2C.CC1C2CC3OS(=O)(=O)C1C3(C)O2.CC1C2CC3OS(=O)(=O)C1C3C2(C)C.CC1C2CC3OS(=O)(=O)C1C3O2.CC1C2CC3OS(=O)(=O)C1C3O2.CC1C2OC3C1OS(=O)(=O)C3C2C. The van der Waals surface area contributed by atoms with Gasteiger partial charge in [-0.15, -0.1) is 0 Å². The van der Waals surface area contributed by atoms with Crippen molar-refractivity contribution in [1.82, 2.24) is 0 Å². The zero-order valence-electron chi connectivity index (χ0n) is 87.4. The predicted molar refractivity (Wildman–Crippen MR) is 518 cm³/mol. The minimum absolute atomic E-state index is 0.0104. The fourth-order valence-corrected chi connectivity index (χ4v) is 60.4. The molecule has 27 saturated heterocycles. The summed E-state index contributed by atoms with van der Waals surface area (Å²) in [6.45, 7) is 52.3. The lowest BCUT2D eigenvalue weighted by atomic mass is 9.64. The highest BCUT2D eigenvalue weighted by molar-refractivity contribution is 7.90. The van der Waals surface area contributed by atoms with Crippen LogP contribution in [0.15, 0.2) is 0 Å². The van der Waals surface area contributed by atoms with Crippen molar-refractivity contribution >= 4 is 111 Å². The van der Waals surface area contributed by atoms with Gasteiger partial charge in [-0.2, -0.15) is 92.6 Å². The summed E-state index contributed by atoms with van der Waals surface area (Å²) in [5.74, 6) is 4.69. The molecule has 0 radical (unpaired) electrons. The molecule has 0 aromatic carbocycles. The van der Waals surface area contributed by atoms with Gasteiger partial charge in [0, 0.05) is 115 Å². The Morgan fingerprint density at radius 3 is 1.22 bits per heavy atom. The van der Waals surface area contributed by atoms with E-state index in [1.807, 2.05) is 118 Å². The second kappa shape index (κ2) is 32.8. The van der Waals surface area contributed by atoms with Gasteiger partial charge in [-0.3, -0.25) is 46.0 Å². The van der Waals surface area contributed by atoms with Crippen molar-refractivity contribution in [2.24, 2.45) is 135 Å². The van der Waals surface area contributed by atoms with Gasteiger partial charge < -0.3 is 37.9 Å². The molecule has 838 valence electrons.